The number of methoxy groups -OCH3 is 2. The van der Waals surface area contributed by atoms with Crippen LogP contribution in [0.1, 0.15) is 5.56 Å². The van der Waals surface area contributed by atoms with E-state index in [1.165, 1.54) is 0 Å². The molecule has 1 aromatic rings. The van der Waals surface area contributed by atoms with E-state index >= 15 is 0 Å². The van der Waals surface area contributed by atoms with E-state index in [0.717, 1.165) is 5.56 Å². The summed E-state index contributed by atoms with van der Waals surface area (Å²) in [5.41, 5.74) is 0.922. The first kappa shape index (κ1) is 12.7. The van der Waals surface area contributed by atoms with Crippen molar-refractivity contribution in [2.24, 2.45) is 0 Å². The van der Waals surface area contributed by atoms with E-state index < -0.39 is 6.55 Å². The molecule has 90 valence electrons. The third kappa shape index (κ3) is 3.66. The van der Waals surface area contributed by atoms with Crippen LogP contribution in [0.2, 0.25) is 0 Å². The minimum absolute atomic E-state index is 0.229. The Morgan fingerprint density at radius 3 is 2.44 bits per heavy atom. The second kappa shape index (κ2) is 6.27. The molecule has 0 aliphatic heterocycles. The number of alkyl halides is 2. The Kier molecular flexibility index (Phi) is 4.98. The smallest absolute Gasteiger partial charge is 0.292 e. The van der Waals surface area contributed by atoms with Crippen LogP contribution in [0.5, 0.6) is 11.5 Å². The molecule has 0 aliphatic rings. The molecule has 16 heavy (non-hydrogen) atoms. The molecule has 3 nitrogen and oxygen atoms in total. The zero-order chi connectivity index (χ0) is 12.0. The topological polar surface area (TPSA) is 30.5 Å². The standard InChI is InChI=1S/C11H15F2NO2/c1-15-9-4-3-8(7-10(9)16-2)5-6-14-11(12)13/h3-4,7,11,14H,5-6H2,1-2H3. The largest absolute Gasteiger partial charge is 0.493 e. The van der Waals surface area contributed by atoms with Crippen molar-refractivity contribution in [3.8, 4) is 11.5 Å². The van der Waals surface area contributed by atoms with Crippen molar-refractivity contribution in [1.29, 1.82) is 0 Å². The average Bonchev–Trinajstić information content (AvgIpc) is 2.28. The second-order valence-electron chi connectivity index (χ2n) is 3.19. The quantitative estimate of drug-likeness (QED) is 0.760. The van der Waals surface area contributed by atoms with Gasteiger partial charge in [0.15, 0.2) is 11.5 Å². The van der Waals surface area contributed by atoms with Gasteiger partial charge in [-0.05, 0) is 24.1 Å². The lowest BCUT2D eigenvalue weighted by molar-refractivity contribution is 0.109. The van der Waals surface area contributed by atoms with Crippen LogP contribution >= 0.6 is 0 Å². The molecular weight excluding hydrogens is 216 g/mol. The van der Waals surface area contributed by atoms with Gasteiger partial charge in [0.25, 0.3) is 6.55 Å². The van der Waals surface area contributed by atoms with Gasteiger partial charge in [-0.25, -0.2) is 0 Å². The van der Waals surface area contributed by atoms with Gasteiger partial charge < -0.3 is 9.47 Å². The van der Waals surface area contributed by atoms with Crippen LogP contribution in [-0.2, 0) is 6.42 Å². The summed E-state index contributed by atoms with van der Waals surface area (Å²) >= 11 is 0. The van der Waals surface area contributed by atoms with E-state index in [1.54, 1.807) is 26.4 Å². The molecule has 1 rings (SSSR count). The van der Waals surface area contributed by atoms with E-state index in [4.69, 9.17) is 9.47 Å². The fraction of sp³-hybridized carbons (Fsp3) is 0.455. The Morgan fingerprint density at radius 1 is 1.19 bits per heavy atom. The van der Waals surface area contributed by atoms with Crippen LogP contribution < -0.4 is 14.8 Å². The highest BCUT2D eigenvalue weighted by atomic mass is 19.3. The summed E-state index contributed by atoms with van der Waals surface area (Å²) in [5.74, 6) is 1.24. The maximum absolute atomic E-state index is 11.8. The Bertz CT molecular complexity index is 332. The minimum atomic E-state index is -2.47. The van der Waals surface area contributed by atoms with Gasteiger partial charge in [-0.1, -0.05) is 6.07 Å². The molecule has 0 fully saturated rings. The number of rotatable bonds is 6. The van der Waals surface area contributed by atoms with Crippen molar-refractivity contribution in [1.82, 2.24) is 5.32 Å². The Morgan fingerprint density at radius 2 is 1.88 bits per heavy atom. The van der Waals surface area contributed by atoms with Gasteiger partial charge >= 0.3 is 0 Å². The summed E-state index contributed by atoms with van der Waals surface area (Å²) in [5, 5.41) is 2.05. The molecule has 0 saturated carbocycles. The summed E-state index contributed by atoms with van der Waals surface area (Å²) < 4.78 is 33.9. The summed E-state index contributed by atoms with van der Waals surface area (Å²) in [6, 6.07) is 5.37. The van der Waals surface area contributed by atoms with E-state index in [2.05, 4.69) is 5.32 Å². The highest BCUT2D eigenvalue weighted by molar-refractivity contribution is 5.42. The van der Waals surface area contributed by atoms with Crippen LogP contribution in [0.15, 0.2) is 18.2 Å². The lowest BCUT2D eigenvalue weighted by Gasteiger charge is -2.09. The van der Waals surface area contributed by atoms with Crippen LogP contribution in [-0.4, -0.2) is 27.3 Å². The Hall–Kier alpha value is -1.36. The molecule has 0 saturated heterocycles. The minimum Gasteiger partial charge on any atom is -0.493 e. The maximum atomic E-state index is 11.8. The van der Waals surface area contributed by atoms with Crippen LogP contribution in [0.4, 0.5) is 8.78 Å². The normalized spacial score (nSPS) is 10.6. The fourth-order valence-electron chi connectivity index (χ4n) is 1.36. The van der Waals surface area contributed by atoms with Crippen LogP contribution in [0, 0.1) is 0 Å². The number of halogens is 2. The van der Waals surface area contributed by atoms with Crippen LogP contribution in [0.3, 0.4) is 0 Å². The average molecular weight is 231 g/mol. The first-order valence-electron chi connectivity index (χ1n) is 4.89. The van der Waals surface area contributed by atoms with Gasteiger partial charge in [-0.15, -0.1) is 0 Å². The molecular formula is C11H15F2NO2. The summed E-state index contributed by atoms with van der Waals surface area (Å²) in [6.45, 7) is -2.24. The molecule has 1 N–H and O–H groups in total. The van der Waals surface area contributed by atoms with Gasteiger partial charge in [0.2, 0.25) is 0 Å². The highest BCUT2D eigenvalue weighted by Gasteiger charge is 2.05. The Labute approximate surface area is 93.4 Å². The number of hydrogen-bond acceptors (Lipinski definition) is 3. The number of hydrogen-bond donors (Lipinski definition) is 1. The SMILES string of the molecule is COc1ccc(CCNC(F)F)cc1OC. The lowest BCUT2D eigenvalue weighted by atomic mass is 10.1. The van der Waals surface area contributed by atoms with Crippen LogP contribution in [0.25, 0.3) is 0 Å². The van der Waals surface area contributed by atoms with Crippen molar-refractivity contribution in [3.05, 3.63) is 23.8 Å². The summed E-state index contributed by atoms with van der Waals surface area (Å²) in [7, 11) is 3.09. The summed E-state index contributed by atoms with van der Waals surface area (Å²) in [6.07, 6.45) is 0.519. The number of nitrogens with one attached hydrogen (secondary N) is 1. The Balaban J connectivity index is 2.60. The molecule has 0 atom stereocenters. The number of benzene rings is 1. The van der Waals surface area contributed by atoms with Crippen molar-refractivity contribution in [2.75, 3.05) is 20.8 Å². The van der Waals surface area contributed by atoms with E-state index in [-0.39, 0.29) is 6.54 Å². The maximum Gasteiger partial charge on any atom is 0.292 e. The molecule has 0 aliphatic carbocycles. The molecule has 0 aromatic heterocycles. The molecule has 5 heteroatoms. The molecule has 0 radical (unpaired) electrons. The first-order valence-corrected chi connectivity index (χ1v) is 4.89. The molecule has 0 heterocycles. The van der Waals surface area contributed by atoms with Gasteiger partial charge in [0.1, 0.15) is 0 Å². The van der Waals surface area contributed by atoms with Gasteiger partial charge in [0.05, 0.1) is 14.2 Å². The van der Waals surface area contributed by atoms with Gasteiger partial charge in [-0.3, -0.25) is 5.32 Å². The van der Waals surface area contributed by atoms with Crippen molar-refractivity contribution < 1.29 is 18.3 Å². The van der Waals surface area contributed by atoms with E-state index in [0.29, 0.717) is 17.9 Å². The zero-order valence-electron chi connectivity index (χ0n) is 9.30. The number of ether oxygens (including phenoxy) is 2. The molecule has 0 bridgehead atoms. The highest BCUT2D eigenvalue weighted by Crippen LogP contribution is 2.27. The van der Waals surface area contributed by atoms with E-state index in [9.17, 15) is 8.78 Å². The third-order valence-corrected chi connectivity index (χ3v) is 2.16. The third-order valence-electron chi connectivity index (χ3n) is 2.16. The van der Waals surface area contributed by atoms with Crippen molar-refractivity contribution in [2.45, 2.75) is 13.0 Å². The predicted octanol–water partition coefficient (Wildman–Crippen LogP) is 2.06. The molecule has 1 aromatic carbocycles. The molecule has 0 unspecified atom stereocenters. The predicted molar refractivity (Wildman–Crippen MR) is 57.3 cm³/mol. The first-order chi connectivity index (χ1) is 7.67. The second-order valence-corrected chi connectivity index (χ2v) is 3.19. The van der Waals surface area contributed by atoms with E-state index in [1.807, 2.05) is 6.07 Å². The monoisotopic (exact) mass is 231 g/mol. The van der Waals surface area contributed by atoms with Crippen molar-refractivity contribution in [3.63, 3.8) is 0 Å². The molecule has 0 spiro atoms. The molecule has 0 amide bonds. The van der Waals surface area contributed by atoms with Gasteiger partial charge in [0, 0.05) is 6.54 Å². The van der Waals surface area contributed by atoms with Gasteiger partial charge in [-0.2, -0.15) is 8.78 Å². The zero-order valence-corrected chi connectivity index (χ0v) is 9.30. The van der Waals surface area contributed by atoms with Crippen molar-refractivity contribution >= 4 is 0 Å². The fourth-order valence-corrected chi connectivity index (χ4v) is 1.36. The summed E-state index contributed by atoms with van der Waals surface area (Å²) in [4.78, 5) is 0. The lowest BCUT2D eigenvalue weighted by Crippen LogP contribution is -2.22.